The van der Waals surface area contributed by atoms with E-state index in [4.69, 9.17) is 5.26 Å². The van der Waals surface area contributed by atoms with E-state index in [0.717, 1.165) is 11.3 Å². The predicted octanol–water partition coefficient (Wildman–Crippen LogP) is 2.34. The molecule has 86 valence electrons. The fraction of sp³-hybridized carbons (Fsp3) is 0. The van der Waals surface area contributed by atoms with Gasteiger partial charge in [-0.15, -0.1) is 10.2 Å². The molecule has 1 aromatic carbocycles. The second-order valence-electron chi connectivity index (χ2n) is 3.77. The number of nitrogens with one attached hydrogen (secondary N) is 1. The van der Waals surface area contributed by atoms with Crippen LogP contribution >= 0.6 is 0 Å². The van der Waals surface area contributed by atoms with Crippen LogP contribution in [0, 0.1) is 11.3 Å². The molecule has 0 saturated carbocycles. The molecule has 0 saturated heterocycles. The second kappa shape index (κ2) is 4.18. The van der Waals surface area contributed by atoms with Crippen molar-refractivity contribution < 1.29 is 0 Å². The molecule has 0 bridgehead atoms. The van der Waals surface area contributed by atoms with Gasteiger partial charge in [-0.2, -0.15) is 5.26 Å². The molecule has 5 nitrogen and oxygen atoms in total. The first-order chi connectivity index (χ1) is 8.86. The average Bonchev–Trinajstić information content (AvgIpc) is 2.83. The molecule has 0 aliphatic heterocycles. The van der Waals surface area contributed by atoms with Crippen LogP contribution in [0.2, 0.25) is 0 Å². The number of rotatable bonds is 2. The van der Waals surface area contributed by atoms with Crippen LogP contribution < -0.4 is 5.32 Å². The molecule has 0 unspecified atom stereocenters. The predicted molar refractivity (Wildman–Crippen MR) is 67.4 cm³/mol. The Labute approximate surface area is 103 Å². The molecular weight excluding hydrogens is 226 g/mol. The van der Waals surface area contributed by atoms with E-state index in [2.05, 4.69) is 21.6 Å². The van der Waals surface area contributed by atoms with E-state index in [1.54, 1.807) is 12.1 Å². The molecule has 0 aliphatic carbocycles. The number of nitriles is 1. The third-order valence-corrected chi connectivity index (χ3v) is 2.58. The summed E-state index contributed by atoms with van der Waals surface area (Å²) in [7, 11) is 0. The number of benzene rings is 1. The van der Waals surface area contributed by atoms with Crippen molar-refractivity contribution >= 4 is 17.3 Å². The summed E-state index contributed by atoms with van der Waals surface area (Å²) in [6, 6.07) is 15.0. The van der Waals surface area contributed by atoms with Crippen molar-refractivity contribution in [2.75, 3.05) is 5.32 Å². The SMILES string of the molecule is N#Cc1ccc(Nc2nnc3ccccn23)cc1. The molecule has 5 heteroatoms. The Balaban J connectivity index is 1.94. The van der Waals surface area contributed by atoms with Gasteiger partial charge < -0.3 is 5.32 Å². The van der Waals surface area contributed by atoms with Gasteiger partial charge in [-0.3, -0.25) is 4.40 Å². The van der Waals surface area contributed by atoms with Crippen molar-refractivity contribution in [3.63, 3.8) is 0 Å². The minimum absolute atomic E-state index is 0.631. The van der Waals surface area contributed by atoms with E-state index < -0.39 is 0 Å². The molecule has 18 heavy (non-hydrogen) atoms. The van der Waals surface area contributed by atoms with Gasteiger partial charge in [-0.05, 0) is 36.4 Å². The van der Waals surface area contributed by atoms with Crippen LogP contribution in [0.15, 0.2) is 48.7 Å². The molecule has 2 heterocycles. The summed E-state index contributed by atoms with van der Waals surface area (Å²) >= 11 is 0. The molecule has 0 aliphatic rings. The van der Waals surface area contributed by atoms with Gasteiger partial charge in [0.15, 0.2) is 5.65 Å². The van der Waals surface area contributed by atoms with Crippen molar-refractivity contribution in [3.05, 3.63) is 54.2 Å². The molecule has 0 amide bonds. The van der Waals surface area contributed by atoms with Crippen molar-refractivity contribution in [2.24, 2.45) is 0 Å². The Morgan fingerprint density at radius 3 is 2.67 bits per heavy atom. The molecule has 3 aromatic rings. The summed E-state index contributed by atoms with van der Waals surface area (Å²) in [5, 5.41) is 20.0. The summed E-state index contributed by atoms with van der Waals surface area (Å²) < 4.78 is 1.86. The van der Waals surface area contributed by atoms with Crippen molar-refractivity contribution in [1.29, 1.82) is 5.26 Å². The number of aromatic nitrogens is 3. The van der Waals surface area contributed by atoms with E-state index in [0.29, 0.717) is 11.5 Å². The first-order valence-corrected chi connectivity index (χ1v) is 5.44. The maximum Gasteiger partial charge on any atom is 0.233 e. The monoisotopic (exact) mass is 235 g/mol. The molecule has 0 radical (unpaired) electrons. The third kappa shape index (κ3) is 1.76. The Kier molecular flexibility index (Phi) is 2.39. The van der Waals surface area contributed by atoms with Gasteiger partial charge >= 0.3 is 0 Å². The fourth-order valence-electron chi connectivity index (χ4n) is 1.68. The lowest BCUT2D eigenvalue weighted by molar-refractivity contribution is 1.11. The molecule has 2 aromatic heterocycles. The van der Waals surface area contributed by atoms with Gasteiger partial charge in [-0.1, -0.05) is 6.07 Å². The van der Waals surface area contributed by atoms with Gasteiger partial charge in [0.05, 0.1) is 11.6 Å². The Morgan fingerprint density at radius 1 is 1.06 bits per heavy atom. The molecular formula is C13H9N5. The summed E-state index contributed by atoms with van der Waals surface area (Å²) in [6.07, 6.45) is 1.89. The molecule has 1 N–H and O–H groups in total. The summed E-state index contributed by atoms with van der Waals surface area (Å²) in [5.74, 6) is 0.648. The van der Waals surface area contributed by atoms with E-state index in [1.165, 1.54) is 0 Å². The molecule has 3 rings (SSSR count). The van der Waals surface area contributed by atoms with Crippen LogP contribution in [-0.4, -0.2) is 14.6 Å². The zero-order valence-corrected chi connectivity index (χ0v) is 9.41. The first-order valence-electron chi connectivity index (χ1n) is 5.44. The van der Waals surface area contributed by atoms with Crippen molar-refractivity contribution in [2.45, 2.75) is 0 Å². The van der Waals surface area contributed by atoms with Crippen LogP contribution in [0.3, 0.4) is 0 Å². The lowest BCUT2D eigenvalue weighted by atomic mass is 10.2. The van der Waals surface area contributed by atoms with Crippen molar-refractivity contribution in [1.82, 2.24) is 14.6 Å². The zero-order valence-electron chi connectivity index (χ0n) is 9.41. The van der Waals surface area contributed by atoms with E-state index in [9.17, 15) is 0 Å². The number of nitrogens with zero attached hydrogens (tertiary/aromatic N) is 4. The highest BCUT2D eigenvalue weighted by Gasteiger charge is 2.04. The van der Waals surface area contributed by atoms with Crippen LogP contribution in [0.4, 0.5) is 11.6 Å². The maximum absolute atomic E-state index is 8.73. The Hall–Kier alpha value is -2.87. The van der Waals surface area contributed by atoms with E-state index in [1.807, 2.05) is 40.9 Å². The van der Waals surface area contributed by atoms with Crippen LogP contribution in [0.1, 0.15) is 5.56 Å². The highest BCUT2D eigenvalue weighted by Crippen LogP contribution is 2.16. The van der Waals surface area contributed by atoms with Crippen LogP contribution in [0.5, 0.6) is 0 Å². The summed E-state index contributed by atoms with van der Waals surface area (Å²) in [6.45, 7) is 0. The maximum atomic E-state index is 8.73. The van der Waals surface area contributed by atoms with Gasteiger partial charge in [-0.25, -0.2) is 0 Å². The first kappa shape index (κ1) is 10.3. The average molecular weight is 235 g/mol. The Morgan fingerprint density at radius 2 is 1.89 bits per heavy atom. The summed E-state index contributed by atoms with van der Waals surface area (Å²) in [4.78, 5) is 0. The molecule has 0 fully saturated rings. The second-order valence-corrected chi connectivity index (χ2v) is 3.77. The fourth-order valence-corrected chi connectivity index (χ4v) is 1.68. The number of pyridine rings is 1. The van der Waals surface area contributed by atoms with Crippen molar-refractivity contribution in [3.8, 4) is 6.07 Å². The number of fused-ring (bicyclic) bond motifs is 1. The molecule has 0 atom stereocenters. The van der Waals surface area contributed by atoms with Gasteiger partial charge in [0.25, 0.3) is 0 Å². The zero-order chi connectivity index (χ0) is 12.4. The molecule has 0 spiro atoms. The highest BCUT2D eigenvalue weighted by atomic mass is 15.3. The van der Waals surface area contributed by atoms with Gasteiger partial charge in [0.1, 0.15) is 0 Å². The van der Waals surface area contributed by atoms with E-state index >= 15 is 0 Å². The Bertz CT molecular complexity index is 721. The lowest BCUT2D eigenvalue weighted by Gasteiger charge is -2.03. The minimum atomic E-state index is 0.631. The quantitative estimate of drug-likeness (QED) is 0.740. The smallest absolute Gasteiger partial charge is 0.233 e. The van der Waals surface area contributed by atoms with Gasteiger partial charge in [0.2, 0.25) is 5.95 Å². The number of anilines is 2. The van der Waals surface area contributed by atoms with Crippen LogP contribution in [0.25, 0.3) is 5.65 Å². The topological polar surface area (TPSA) is 66.0 Å². The summed E-state index contributed by atoms with van der Waals surface area (Å²) in [5.41, 5.74) is 2.28. The normalized spacial score (nSPS) is 10.2. The number of hydrogen-bond donors (Lipinski definition) is 1. The largest absolute Gasteiger partial charge is 0.324 e. The van der Waals surface area contributed by atoms with Crippen LogP contribution in [-0.2, 0) is 0 Å². The van der Waals surface area contributed by atoms with E-state index in [-0.39, 0.29) is 0 Å². The highest BCUT2D eigenvalue weighted by molar-refractivity contribution is 5.57. The standard InChI is InChI=1S/C13H9N5/c14-9-10-4-6-11(7-5-10)15-13-17-16-12-3-1-2-8-18(12)13/h1-8H,(H,15,17). The number of hydrogen-bond acceptors (Lipinski definition) is 4. The minimum Gasteiger partial charge on any atom is -0.324 e. The third-order valence-electron chi connectivity index (χ3n) is 2.58. The lowest BCUT2D eigenvalue weighted by Crippen LogP contribution is -1.96. The van der Waals surface area contributed by atoms with Gasteiger partial charge in [0, 0.05) is 11.9 Å².